The minimum atomic E-state index is -2.48. The molecule has 3 heteroatoms. The lowest BCUT2D eigenvalue weighted by molar-refractivity contribution is 0.150. The molecule has 0 radical (unpaired) electrons. The van der Waals surface area contributed by atoms with E-state index in [-0.39, 0.29) is 5.56 Å². The third-order valence-corrected chi connectivity index (χ3v) is 1.84. The van der Waals surface area contributed by atoms with E-state index in [4.69, 9.17) is 5.73 Å². The summed E-state index contributed by atoms with van der Waals surface area (Å²) in [5.41, 5.74) is 6.00. The van der Waals surface area contributed by atoms with E-state index in [9.17, 15) is 8.78 Å². The zero-order valence-corrected chi connectivity index (χ0v) is 7.08. The Bertz CT molecular complexity index is 297. The minimum Gasteiger partial charge on any atom is -0.321 e. The van der Waals surface area contributed by atoms with E-state index in [0.717, 1.165) is 0 Å². The third-order valence-electron chi connectivity index (χ3n) is 1.84. The number of nitrogens with two attached hydrogens (primary N) is 1. The predicted molar refractivity (Wildman–Crippen MR) is 48.5 cm³/mol. The molecular weight excluding hydrogens is 172 g/mol. The molecule has 0 saturated carbocycles. The van der Waals surface area contributed by atoms with Gasteiger partial charge < -0.3 is 5.73 Å². The van der Waals surface area contributed by atoms with Crippen LogP contribution in [0.25, 0.3) is 0 Å². The fourth-order valence-corrected chi connectivity index (χ4v) is 1.14. The van der Waals surface area contributed by atoms with Crippen molar-refractivity contribution >= 4 is 0 Å². The molecule has 0 aliphatic carbocycles. The van der Waals surface area contributed by atoms with Crippen LogP contribution in [-0.2, 0) is 0 Å². The second-order valence-corrected chi connectivity index (χ2v) is 2.69. The van der Waals surface area contributed by atoms with Crippen molar-refractivity contribution in [1.82, 2.24) is 0 Å². The molecule has 0 aromatic heterocycles. The molecule has 0 fully saturated rings. The van der Waals surface area contributed by atoms with Crippen molar-refractivity contribution in [1.29, 1.82) is 0 Å². The van der Waals surface area contributed by atoms with Gasteiger partial charge in [0, 0.05) is 11.6 Å². The molecule has 0 unspecified atom stereocenters. The first-order valence-electron chi connectivity index (χ1n) is 3.92. The number of hydrogen-bond donors (Lipinski definition) is 1. The molecule has 0 aliphatic heterocycles. The van der Waals surface area contributed by atoms with Crippen LogP contribution in [0.4, 0.5) is 8.78 Å². The Balaban J connectivity index is 3.11. The Labute approximate surface area is 75.9 Å². The predicted octanol–water partition coefficient (Wildman–Crippen LogP) is 2.81. The lowest BCUT2D eigenvalue weighted by Gasteiger charge is -2.11. The molecule has 0 aliphatic rings. The Morgan fingerprint density at radius 2 is 1.77 bits per heavy atom. The summed E-state index contributed by atoms with van der Waals surface area (Å²) in [6.45, 7) is 3.47. The number of rotatable bonds is 3. The number of alkyl halides is 2. The fourth-order valence-electron chi connectivity index (χ4n) is 1.14. The van der Waals surface area contributed by atoms with Gasteiger partial charge in [-0.25, -0.2) is 8.78 Å². The molecule has 70 valence electrons. The van der Waals surface area contributed by atoms with E-state index < -0.39 is 12.5 Å². The topological polar surface area (TPSA) is 26.0 Å². The van der Waals surface area contributed by atoms with Crippen LogP contribution >= 0.6 is 0 Å². The van der Waals surface area contributed by atoms with E-state index in [2.05, 4.69) is 6.58 Å². The van der Waals surface area contributed by atoms with Crippen molar-refractivity contribution in [3.05, 3.63) is 48.0 Å². The standard InChI is InChI=1S/C10H11F2N/c1-2-9(13)7-5-3-4-6-8(7)10(11)12/h2-6,9-10H,1,13H2/t9-/m1/s1. The van der Waals surface area contributed by atoms with Crippen LogP contribution in [0, 0.1) is 0 Å². The minimum absolute atomic E-state index is 0.0186. The van der Waals surface area contributed by atoms with Crippen LogP contribution < -0.4 is 5.73 Å². The zero-order valence-electron chi connectivity index (χ0n) is 7.08. The van der Waals surface area contributed by atoms with Crippen LogP contribution in [0.3, 0.4) is 0 Å². The average Bonchev–Trinajstić information content (AvgIpc) is 2.16. The number of halogens is 2. The van der Waals surface area contributed by atoms with Gasteiger partial charge in [-0.3, -0.25) is 0 Å². The van der Waals surface area contributed by atoms with Crippen molar-refractivity contribution in [3.8, 4) is 0 Å². The van der Waals surface area contributed by atoms with Crippen molar-refractivity contribution in [2.45, 2.75) is 12.5 Å². The Hall–Kier alpha value is -1.22. The molecule has 0 amide bonds. The van der Waals surface area contributed by atoms with E-state index >= 15 is 0 Å². The second kappa shape index (κ2) is 4.14. The Morgan fingerprint density at radius 1 is 1.23 bits per heavy atom. The molecule has 0 heterocycles. The molecule has 0 spiro atoms. The van der Waals surface area contributed by atoms with Crippen LogP contribution in [-0.4, -0.2) is 0 Å². The Morgan fingerprint density at radius 3 is 2.23 bits per heavy atom. The quantitative estimate of drug-likeness (QED) is 0.716. The molecule has 1 atom stereocenters. The molecule has 13 heavy (non-hydrogen) atoms. The summed E-state index contributed by atoms with van der Waals surface area (Å²) in [6, 6.07) is 5.70. The summed E-state index contributed by atoms with van der Waals surface area (Å²) in [5, 5.41) is 0. The van der Waals surface area contributed by atoms with E-state index in [1.165, 1.54) is 12.1 Å². The summed E-state index contributed by atoms with van der Waals surface area (Å²) in [4.78, 5) is 0. The second-order valence-electron chi connectivity index (χ2n) is 2.69. The van der Waals surface area contributed by atoms with Crippen LogP contribution in [0.5, 0.6) is 0 Å². The summed E-state index contributed by atoms with van der Waals surface area (Å²) in [7, 11) is 0. The van der Waals surface area contributed by atoms with Gasteiger partial charge in [-0.2, -0.15) is 0 Å². The molecular formula is C10H11F2N. The van der Waals surface area contributed by atoms with E-state index in [1.807, 2.05) is 0 Å². The Kier molecular flexibility index (Phi) is 3.14. The van der Waals surface area contributed by atoms with Crippen molar-refractivity contribution < 1.29 is 8.78 Å². The highest BCUT2D eigenvalue weighted by molar-refractivity contribution is 5.32. The summed E-state index contributed by atoms with van der Waals surface area (Å²) >= 11 is 0. The maximum atomic E-state index is 12.4. The molecule has 1 rings (SSSR count). The average molecular weight is 183 g/mol. The molecule has 1 aromatic carbocycles. The van der Waals surface area contributed by atoms with Gasteiger partial charge in [-0.1, -0.05) is 30.3 Å². The van der Waals surface area contributed by atoms with E-state index in [0.29, 0.717) is 5.56 Å². The smallest absolute Gasteiger partial charge is 0.264 e. The zero-order chi connectivity index (χ0) is 9.84. The normalized spacial score (nSPS) is 12.9. The largest absolute Gasteiger partial charge is 0.321 e. The number of hydrogen-bond acceptors (Lipinski definition) is 1. The van der Waals surface area contributed by atoms with Crippen molar-refractivity contribution in [3.63, 3.8) is 0 Å². The maximum Gasteiger partial charge on any atom is 0.264 e. The van der Waals surface area contributed by atoms with Crippen LogP contribution in [0.15, 0.2) is 36.9 Å². The summed E-state index contributed by atoms with van der Waals surface area (Å²) < 4.78 is 24.9. The van der Waals surface area contributed by atoms with Crippen LogP contribution in [0.2, 0.25) is 0 Å². The van der Waals surface area contributed by atoms with Gasteiger partial charge >= 0.3 is 0 Å². The van der Waals surface area contributed by atoms with Crippen molar-refractivity contribution in [2.75, 3.05) is 0 Å². The molecule has 1 aromatic rings. The highest BCUT2D eigenvalue weighted by atomic mass is 19.3. The number of benzene rings is 1. The molecule has 1 nitrogen and oxygen atoms in total. The summed E-state index contributed by atoms with van der Waals surface area (Å²) in [6.07, 6.45) is -1.04. The SMILES string of the molecule is C=C[C@@H](N)c1ccccc1C(F)F. The van der Waals surface area contributed by atoms with Gasteiger partial charge in [-0.15, -0.1) is 6.58 Å². The highest BCUT2D eigenvalue weighted by Gasteiger charge is 2.14. The third kappa shape index (κ3) is 2.12. The van der Waals surface area contributed by atoms with Gasteiger partial charge in [-0.05, 0) is 5.56 Å². The fraction of sp³-hybridized carbons (Fsp3) is 0.200. The van der Waals surface area contributed by atoms with Gasteiger partial charge in [0.1, 0.15) is 0 Å². The van der Waals surface area contributed by atoms with Crippen LogP contribution in [0.1, 0.15) is 23.6 Å². The van der Waals surface area contributed by atoms with Gasteiger partial charge in [0.25, 0.3) is 6.43 Å². The summed E-state index contributed by atoms with van der Waals surface area (Å²) in [5.74, 6) is 0. The first kappa shape index (κ1) is 9.86. The van der Waals surface area contributed by atoms with Gasteiger partial charge in [0.2, 0.25) is 0 Å². The van der Waals surface area contributed by atoms with Gasteiger partial charge in [0.05, 0.1) is 0 Å². The highest BCUT2D eigenvalue weighted by Crippen LogP contribution is 2.26. The lowest BCUT2D eigenvalue weighted by atomic mass is 10.0. The van der Waals surface area contributed by atoms with Gasteiger partial charge in [0.15, 0.2) is 0 Å². The molecule has 0 bridgehead atoms. The van der Waals surface area contributed by atoms with Crippen molar-refractivity contribution in [2.24, 2.45) is 5.73 Å². The van der Waals surface area contributed by atoms with E-state index in [1.54, 1.807) is 18.2 Å². The lowest BCUT2D eigenvalue weighted by Crippen LogP contribution is -2.09. The first-order valence-corrected chi connectivity index (χ1v) is 3.92. The molecule has 0 saturated heterocycles. The maximum absolute atomic E-state index is 12.4. The molecule has 2 N–H and O–H groups in total. The monoisotopic (exact) mass is 183 g/mol. The first-order chi connectivity index (χ1) is 6.16.